The number of nitrogens with zero attached hydrogens (tertiary/aromatic N) is 2. The van der Waals surface area contributed by atoms with Gasteiger partial charge in [0.1, 0.15) is 0 Å². The summed E-state index contributed by atoms with van der Waals surface area (Å²) in [5, 5.41) is 0. The van der Waals surface area contributed by atoms with Gasteiger partial charge < -0.3 is 9.64 Å². The van der Waals surface area contributed by atoms with Gasteiger partial charge in [-0.05, 0) is 24.1 Å². The standard InChI is InChI=1S/C22H28N2O2/c1-2-3-14-23-15-17-24(18-16-23)22(25)26-21(19-10-6-4-7-11-19)20-12-8-5-9-13-20/h4-13,21H,2-3,14-18H2,1H3. The average molecular weight is 352 g/mol. The number of hydrogen-bond acceptors (Lipinski definition) is 3. The molecular weight excluding hydrogens is 324 g/mol. The molecule has 3 rings (SSSR count). The highest BCUT2D eigenvalue weighted by atomic mass is 16.6. The molecule has 0 atom stereocenters. The number of carbonyl (C=O) groups excluding carboxylic acids is 1. The van der Waals surface area contributed by atoms with Gasteiger partial charge in [0.2, 0.25) is 0 Å². The lowest BCUT2D eigenvalue weighted by molar-refractivity contribution is 0.0572. The van der Waals surface area contributed by atoms with Gasteiger partial charge in [-0.3, -0.25) is 4.90 Å². The van der Waals surface area contributed by atoms with Gasteiger partial charge in [-0.2, -0.15) is 0 Å². The Hall–Kier alpha value is -2.33. The number of unbranched alkanes of at least 4 members (excludes halogenated alkanes) is 1. The fourth-order valence-electron chi connectivity index (χ4n) is 3.30. The first-order chi connectivity index (χ1) is 12.8. The smallest absolute Gasteiger partial charge is 0.410 e. The molecule has 1 saturated heterocycles. The summed E-state index contributed by atoms with van der Waals surface area (Å²) in [5.41, 5.74) is 1.99. The summed E-state index contributed by atoms with van der Waals surface area (Å²) in [7, 11) is 0. The van der Waals surface area contributed by atoms with Crippen molar-refractivity contribution in [1.29, 1.82) is 0 Å². The van der Waals surface area contributed by atoms with Gasteiger partial charge in [-0.25, -0.2) is 4.79 Å². The van der Waals surface area contributed by atoms with Crippen molar-refractivity contribution in [2.24, 2.45) is 0 Å². The number of piperazine rings is 1. The van der Waals surface area contributed by atoms with Crippen LogP contribution in [0.5, 0.6) is 0 Å². The third kappa shape index (κ3) is 4.85. The highest BCUT2D eigenvalue weighted by Crippen LogP contribution is 2.26. The first-order valence-electron chi connectivity index (χ1n) is 9.55. The zero-order chi connectivity index (χ0) is 18.2. The lowest BCUT2D eigenvalue weighted by atomic mass is 10.0. The quantitative estimate of drug-likeness (QED) is 0.776. The predicted octanol–water partition coefficient (Wildman–Crippen LogP) is 4.33. The summed E-state index contributed by atoms with van der Waals surface area (Å²) in [6.45, 7) is 6.65. The molecule has 0 aromatic heterocycles. The summed E-state index contributed by atoms with van der Waals surface area (Å²) >= 11 is 0. The maximum Gasteiger partial charge on any atom is 0.410 e. The van der Waals surface area contributed by atoms with E-state index in [1.807, 2.05) is 65.6 Å². The molecule has 1 heterocycles. The number of carbonyl (C=O) groups is 1. The molecule has 1 amide bonds. The minimum atomic E-state index is -0.372. The van der Waals surface area contributed by atoms with E-state index in [1.165, 1.54) is 12.8 Å². The molecule has 0 spiro atoms. The summed E-state index contributed by atoms with van der Waals surface area (Å²) in [5.74, 6) is 0. The van der Waals surface area contributed by atoms with E-state index in [2.05, 4.69) is 11.8 Å². The molecule has 0 aliphatic carbocycles. The van der Waals surface area contributed by atoms with Gasteiger partial charge >= 0.3 is 6.09 Å². The number of ether oxygens (including phenoxy) is 1. The van der Waals surface area contributed by atoms with E-state index in [0.717, 1.165) is 43.9 Å². The van der Waals surface area contributed by atoms with Gasteiger partial charge in [0.25, 0.3) is 0 Å². The average Bonchev–Trinajstić information content (AvgIpc) is 2.72. The molecule has 26 heavy (non-hydrogen) atoms. The number of rotatable bonds is 6. The van der Waals surface area contributed by atoms with Crippen LogP contribution in [0.15, 0.2) is 60.7 Å². The van der Waals surface area contributed by atoms with Crippen molar-refractivity contribution in [3.8, 4) is 0 Å². The Morgan fingerprint density at radius 3 is 1.96 bits per heavy atom. The van der Waals surface area contributed by atoms with Crippen LogP contribution in [0.2, 0.25) is 0 Å². The second kappa shape index (κ2) is 9.39. The van der Waals surface area contributed by atoms with Crippen LogP contribution in [0.1, 0.15) is 37.0 Å². The Morgan fingerprint density at radius 1 is 0.923 bits per heavy atom. The molecule has 0 N–H and O–H groups in total. The Bertz CT molecular complexity index is 628. The monoisotopic (exact) mass is 352 g/mol. The Morgan fingerprint density at radius 2 is 1.46 bits per heavy atom. The van der Waals surface area contributed by atoms with Crippen LogP contribution in [0.25, 0.3) is 0 Å². The fourth-order valence-corrected chi connectivity index (χ4v) is 3.30. The van der Waals surface area contributed by atoms with Crippen molar-refractivity contribution >= 4 is 6.09 Å². The lowest BCUT2D eigenvalue weighted by Gasteiger charge is -2.35. The molecule has 0 bridgehead atoms. The normalized spacial score (nSPS) is 15.2. The van der Waals surface area contributed by atoms with Crippen LogP contribution in [0.4, 0.5) is 4.79 Å². The second-order valence-electron chi connectivity index (χ2n) is 6.77. The SMILES string of the molecule is CCCCN1CCN(C(=O)OC(c2ccccc2)c2ccccc2)CC1. The minimum absolute atomic E-state index is 0.224. The molecule has 1 fully saturated rings. The van der Waals surface area contributed by atoms with Crippen LogP contribution in [0.3, 0.4) is 0 Å². The highest BCUT2D eigenvalue weighted by molar-refractivity contribution is 5.68. The summed E-state index contributed by atoms with van der Waals surface area (Å²) < 4.78 is 5.95. The zero-order valence-corrected chi connectivity index (χ0v) is 15.5. The first-order valence-corrected chi connectivity index (χ1v) is 9.55. The molecule has 138 valence electrons. The van der Waals surface area contributed by atoms with Crippen LogP contribution in [0, 0.1) is 0 Å². The predicted molar refractivity (Wildman–Crippen MR) is 104 cm³/mol. The number of hydrogen-bond donors (Lipinski definition) is 0. The lowest BCUT2D eigenvalue weighted by Crippen LogP contribution is -2.49. The Labute approximate surface area is 156 Å². The van der Waals surface area contributed by atoms with Crippen molar-refractivity contribution in [3.05, 3.63) is 71.8 Å². The van der Waals surface area contributed by atoms with Crippen molar-refractivity contribution < 1.29 is 9.53 Å². The number of benzene rings is 2. The zero-order valence-electron chi connectivity index (χ0n) is 15.5. The molecule has 1 aliphatic heterocycles. The van der Waals surface area contributed by atoms with E-state index in [-0.39, 0.29) is 12.2 Å². The highest BCUT2D eigenvalue weighted by Gasteiger charge is 2.26. The topological polar surface area (TPSA) is 32.8 Å². The van der Waals surface area contributed by atoms with Crippen molar-refractivity contribution in [2.75, 3.05) is 32.7 Å². The van der Waals surface area contributed by atoms with Gasteiger partial charge in [-0.1, -0.05) is 74.0 Å². The maximum absolute atomic E-state index is 12.8. The first kappa shape index (κ1) is 18.5. The summed E-state index contributed by atoms with van der Waals surface area (Å²) in [4.78, 5) is 17.0. The van der Waals surface area contributed by atoms with Gasteiger partial charge in [0, 0.05) is 26.2 Å². The van der Waals surface area contributed by atoms with E-state index >= 15 is 0 Å². The van der Waals surface area contributed by atoms with E-state index in [0.29, 0.717) is 0 Å². The van der Waals surface area contributed by atoms with E-state index in [1.54, 1.807) is 0 Å². The van der Waals surface area contributed by atoms with Crippen molar-refractivity contribution in [1.82, 2.24) is 9.80 Å². The molecule has 4 nitrogen and oxygen atoms in total. The molecule has 0 unspecified atom stereocenters. The third-order valence-corrected chi connectivity index (χ3v) is 4.88. The fraction of sp³-hybridized carbons (Fsp3) is 0.409. The van der Waals surface area contributed by atoms with Gasteiger partial charge in [0.15, 0.2) is 6.10 Å². The van der Waals surface area contributed by atoms with E-state index < -0.39 is 0 Å². The molecule has 2 aromatic carbocycles. The molecule has 1 aliphatic rings. The Balaban J connectivity index is 1.65. The summed E-state index contributed by atoms with van der Waals surface area (Å²) in [6.07, 6.45) is 1.83. The molecule has 2 aromatic rings. The van der Waals surface area contributed by atoms with E-state index in [4.69, 9.17) is 4.74 Å². The van der Waals surface area contributed by atoms with Crippen LogP contribution in [-0.4, -0.2) is 48.6 Å². The largest absolute Gasteiger partial charge is 0.436 e. The third-order valence-electron chi connectivity index (χ3n) is 4.88. The van der Waals surface area contributed by atoms with Crippen LogP contribution in [-0.2, 0) is 4.74 Å². The Kier molecular flexibility index (Phi) is 6.67. The molecule has 0 radical (unpaired) electrons. The maximum atomic E-state index is 12.8. The molecular formula is C22H28N2O2. The second-order valence-corrected chi connectivity index (χ2v) is 6.77. The van der Waals surface area contributed by atoms with Gasteiger partial charge in [-0.15, -0.1) is 0 Å². The van der Waals surface area contributed by atoms with E-state index in [9.17, 15) is 4.79 Å². The van der Waals surface area contributed by atoms with Crippen LogP contribution >= 0.6 is 0 Å². The number of amides is 1. The van der Waals surface area contributed by atoms with Crippen molar-refractivity contribution in [3.63, 3.8) is 0 Å². The minimum Gasteiger partial charge on any atom is -0.436 e. The summed E-state index contributed by atoms with van der Waals surface area (Å²) in [6, 6.07) is 19.9. The molecule has 4 heteroatoms. The van der Waals surface area contributed by atoms with Crippen LogP contribution < -0.4 is 0 Å². The van der Waals surface area contributed by atoms with Crippen molar-refractivity contribution in [2.45, 2.75) is 25.9 Å². The molecule has 0 saturated carbocycles. The van der Waals surface area contributed by atoms with Gasteiger partial charge in [0.05, 0.1) is 0 Å².